The molecule has 6 heteroatoms. The van der Waals surface area contributed by atoms with Crippen LogP contribution in [0.1, 0.15) is 24.2 Å². The van der Waals surface area contributed by atoms with Gasteiger partial charge in [0, 0.05) is 35.9 Å². The van der Waals surface area contributed by atoms with Gasteiger partial charge in [0.1, 0.15) is 5.65 Å². The minimum Gasteiger partial charge on any atom is -0.335 e. The first-order chi connectivity index (χ1) is 15.1. The Morgan fingerprint density at radius 1 is 0.871 bits per heavy atom. The van der Waals surface area contributed by atoms with E-state index in [2.05, 4.69) is 31.3 Å². The van der Waals surface area contributed by atoms with E-state index in [1.807, 2.05) is 57.8 Å². The highest BCUT2D eigenvalue weighted by atomic mass is 16.2. The first-order valence-electron chi connectivity index (χ1n) is 10.7. The van der Waals surface area contributed by atoms with E-state index < -0.39 is 0 Å². The number of imidazole rings is 1. The van der Waals surface area contributed by atoms with E-state index in [0.717, 1.165) is 33.0 Å². The van der Waals surface area contributed by atoms with Gasteiger partial charge in [0.15, 0.2) is 5.65 Å². The molecule has 31 heavy (non-hydrogen) atoms. The summed E-state index contributed by atoms with van der Waals surface area (Å²) in [6, 6.07) is 20.7. The van der Waals surface area contributed by atoms with Crippen LogP contribution in [0.25, 0.3) is 38.6 Å². The molecule has 154 valence electrons. The molecular weight excluding hydrogens is 386 g/mol. The third-order valence-electron chi connectivity index (χ3n) is 6.12. The summed E-state index contributed by atoms with van der Waals surface area (Å²) in [6.45, 7) is 5.60. The van der Waals surface area contributed by atoms with E-state index in [9.17, 15) is 4.79 Å². The third kappa shape index (κ3) is 2.86. The number of piperazine rings is 1. The van der Waals surface area contributed by atoms with Crippen molar-refractivity contribution >= 4 is 44.5 Å². The smallest absolute Gasteiger partial charge is 0.257 e. The number of pyridine rings is 2. The van der Waals surface area contributed by atoms with Gasteiger partial charge < -0.3 is 10.2 Å². The van der Waals surface area contributed by atoms with Gasteiger partial charge in [0.25, 0.3) is 5.91 Å². The number of carbonyl (C=O) groups is 1. The molecule has 5 aromatic rings. The monoisotopic (exact) mass is 409 g/mol. The zero-order chi connectivity index (χ0) is 21.1. The van der Waals surface area contributed by atoms with E-state index >= 15 is 0 Å². The van der Waals surface area contributed by atoms with Gasteiger partial charge >= 0.3 is 0 Å². The molecule has 3 aromatic heterocycles. The Labute approximate surface area is 179 Å². The number of nitrogens with one attached hydrogen (secondary N) is 1. The topological polar surface area (TPSA) is 62.5 Å². The predicted octanol–water partition coefficient (Wildman–Crippen LogP) is 4.01. The number of rotatable bonds is 1. The fraction of sp³-hybridized carbons (Fsp3) is 0.240. The Kier molecular flexibility index (Phi) is 3.98. The summed E-state index contributed by atoms with van der Waals surface area (Å²) in [4.78, 5) is 25.5. The number of para-hydroxylation sites is 3. The van der Waals surface area contributed by atoms with Crippen LogP contribution >= 0.6 is 0 Å². The van der Waals surface area contributed by atoms with Crippen LogP contribution in [-0.4, -0.2) is 50.3 Å². The second kappa shape index (κ2) is 6.75. The van der Waals surface area contributed by atoms with Crippen LogP contribution < -0.4 is 5.32 Å². The molecule has 1 amide bonds. The van der Waals surface area contributed by atoms with Gasteiger partial charge in [-0.05, 0) is 44.2 Å². The molecule has 1 N–H and O–H groups in total. The summed E-state index contributed by atoms with van der Waals surface area (Å²) in [5.74, 6) is 0.0237. The van der Waals surface area contributed by atoms with Crippen molar-refractivity contribution < 1.29 is 4.79 Å². The Hall–Kier alpha value is -3.51. The van der Waals surface area contributed by atoms with Crippen LogP contribution in [0.2, 0.25) is 0 Å². The van der Waals surface area contributed by atoms with Gasteiger partial charge in [0.05, 0.1) is 22.1 Å². The molecule has 1 fully saturated rings. The summed E-state index contributed by atoms with van der Waals surface area (Å²) in [6.07, 6.45) is 0. The van der Waals surface area contributed by atoms with Gasteiger partial charge in [-0.1, -0.05) is 30.3 Å². The first-order valence-corrected chi connectivity index (χ1v) is 10.7. The maximum Gasteiger partial charge on any atom is 0.257 e. The number of carbonyl (C=O) groups excluding carboxylic acids is 1. The highest BCUT2D eigenvalue weighted by molar-refractivity contribution is 6.06. The molecule has 0 saturated carbocycles. The molecule has 2 atom stereocenters. The number of benzene rings is 2. The number of nitrogens with zero attached hydrogens (tertiary/aromatic N) is 4. The number of fused-ring (bicyclic) bond motifs is 6. The lowest BCUT2D eigenvalue weighted by molar-refractivity contribution is 0.0675. The molecule has 6 rings (SSSR count). The van der Waals surface area contributed by atoms with Crippen LogP contribution in [0.3, 0.4) is 0 Å². The molecule has 0 bridgehead atoms. The van der Waals surface area contributed by atoms with Gasteiger partial charge in [0.2, 0.25) is 0 Å². The van der Waals surface area contributed by atoms with Gasteiger partial charge in [-0.15, -0.1) is 0 Å². The van der Waals surface area contributed by atoms with Crippen LogP contribution in [0.4, 0.5) is 0 Å². The molecule has 6 nitrogen and oxygen atoms in total. The fourth-order valence-corrected chi connectivity index (χ4v) is 4.87. The largest absolute Gasteiger partial charge is 0.335 e. The summed E-state index contributed by atoms with van der Waals surface area (Å²) >= 11 is 0. The highest BCUT2D eigenvalue weighted by Gasteiger charge is 2.28. The van der Waals surface area contributed by atoms with E-state index in [1.165, 1.54) is 0 Å². The van der Waals surface area contributed by atoms with Gasteiger partial charge in [-0.25, -0.2) is 9.97 Å². The first kappa shape index (κ1) is 18.3. The molecular formula is C25H23N5O. The predicted molar refractivity (Wildman–Crippen MR) is 123 cm³/mol. The molecule has 0 unspecified atom stereocenters. The van der Waals surface area contributed by atoms with Gasteiger partial charge in [-0.3, -0.25) is 9.20 Å². The molecule has 4 heterocycles. The van der Waals surface area contributed by atoms with Crippen molar-refractivity contribution in [3.63, 3.8) is 0 Å². The van der Waals surface area contributed by atoms with Crippen LogP contribution in [-0.2, 0) is 0 Å². The minimum absolute atomic E-state index is 0.0237. The van der Waals surface area contributed by atoms with Crippen LogP contribution in [0, 0.1) is 0 Å². The fourth-order valence-electron chi connectivity index (χ4n) is 4.87. The Morgan fingerprint density at radius 3 is 2.35 bits per heavy atom. The quantitative estimate of drug-likeness (QED) is 0.425. The number of amides is 1. The molecule has 1 aliphatic rings. The zero-order valence-corrected chi connectivity index (χ0v) is 17.5. The third-order valence-corrected chi connectivity index (χ3v) is 6.12. The second-order valence-corrected chi connectivity index (χ2v) is 8.59. The normalized spacial score (nSPS) is 19.6. The minimum atomic E-state index is 0.0237. The maximum absolute atomic E-state index is 13.7. The van der Waals surface area contributed by atoms with E-state index in [0.29, 0.717) is 24.3 Å². The molecule has 1 saturated heterocycles. The Bertz CT molecular complexity index is 1480. The van der Waals surface area contributed by atoms with Crippen molar-refractivity contribution in [1.29, 1.82) is 0 Å². The second-order valence-electron chi connectivity index (χ2n) is 8.59. The average molecular weight is 409 g/mol. The van der Waals surface area contributed by atoms with Crippen molar-refractivity contribution in [3.8, 4) is 0 Å². The van der Waals surface area contributed by atoms with Crippen LogP contribution in [0.5, 0.6) is 0 Å². The lowest BCUT2D eigenvalue weighted by atomic mass is 10.1. The summed E-state index contributed by atoms with van der Waals surface area (Å²) in [5, 5.41) is 5.50. The molecule has 1 aliphatic heterocycles. The van der Waals surface area contributed by atoms with Crippen LogP contribution in [0.15, 0.2) is 60.7 Å². The number of hydrogen-bond donors (Lipinski definition) is 1. The lowest BCUT2D eigenvalue weighted by Crippen LogP contribution is -2.55. The average Bonchev–Trinajstić information content (AvgIpc) is 3.16. The maximum atomic E-state index is 13.7. The molecule has 0 aliphatic carbocycles. The SMILES string of the molecule is C[C@@H]1CN(C(=O)c2cc3cc4ccccc4nc3n3c2nc2ccccc23)C[C@H](C)N1. The van der Waals surface area contributed by atoms with Crippen molar-refractivity contribution in [2.45, 2.75) is 25.9 Å². The Morgan fingerprint density at radius 2 is 1.55 bits per heavy atom. The number of hydrogen-bond acceptors (Lipinski definition) is 4. The van der Waals surface area contributed by atoms with Crippen molar-refractivity contribution in [2.75, 3.05) is 13.1 Å². The highest BCUT2D eigenvalue weighted by Crippen LogP contribution is 2.28. The zero-order valence-electron chi connectivity index (χ0n) is 17.5. The molecule has 0 radical (unpaired) electrons. The van der Waals surface area contributed by atoms with Crippen molar-refractivity contribution in [3.05, 3.63) is 66.2 Å². The Balaban J connectivity index is 1.67. The summed E-state index contributed by atoms with van der Waals surface area (Å²) < 4.78 is 2.04. The molecule has 0 spiro atoms. The molecule has 2 aromatic carbocycles. The summed E-state index contributed by atoms with van der Waals surface area (Å²) in [7, 11) is 0. The lowest BCUT2D eigenvalue weighted by Gasteiger charge is -2.36. The standard InChI is InChI=1S/C25H23N5O/c1-15-13-29(14-16(2)26-15)25(31)19-12-18-11-17-7-3-4-8-20(17)27-23(18)30-22-10-6-5-9-21(22)28-24(19)30/h3-12,15-16,26H,13-14H2,1-2H3/t15-,16+. The number of aromatic nitrogens is 3. The summed E-state index contributed by atoms with van der Waals surface area (Å²) in [5.41, 5.74) is 4.87. The van der Waals surface area contributed by atoms with Crippen molar-refractivity contribution in [2.24, 2.45) is 0 Å². The van der Waals surface area contributed by atoms with E-state index in [4.69, 9.17) is 9.97 Å². The van der Waals surface area contributed by atoms with E-state index in [-0.39, 0.29) is 18.0 Å². The van der Waals surface area contributed by atoms with Crippen molar-refractivity contribution in [1.82, 2.24) is 24.6 Å². The van der Waals surface area contributed by atoms with E-state index in [1.54, 1.807) is 0 Å². The van der Waals surface area contributed by atoms with Gasteiger partial charge in [-0.2, -0.15) is 0 Å².